The molecule has 9 nitrogen and oxygen atoms in total. The van der Waals surface area contributed by atoms with E-state index in [0.29, 0.717) is 42.3 Å². The summed E-state index contributed by atoms with van der Waals surface area (Å²) in [6.07, 6.45) is 5.92. The van der Waals surface area contributed by atoms with E-state index >= 15 is 0 Å². The van der Waals surface area contributed by atoms with Crippen molar-refractivity contribution >= 4 is 22.9 Å². The number of nitrogens with zero attached hydrogens (tertiary/aromatic N) is 7. The molecule has 0 fully saturated rings. The van der Waals surface area contributed by atoms with Crippen LogP contribution in [0.25, 0.3) is 16.9 Å². The molecule has 4 heterocycles. The van der Waals surface area contributed by atoms with Crippen LogP contribution in [0.15, 0.2) is 73.4 Å². The van der Waals surface area contributed by atoms with Gasteiger partial charge in [-0.25, -0.2) is 15.0 Å². The van der Waals surface area contributed by atoms with Crippen molar-refractivity contribution in [3.05, 3.63) is 95.8 Å². The molecule has 0 spiro atoms. The number of benzene rings is 2. The fourth-order valence-electron chi connectivity index (χ4n) is 4.36. The first kappa shape index (κ1) is 20.1. The number of fused-ring (bicyclic) bond motifs is 2. The zero-order valence-electron chi connectivity index (χ0n) is 18.4. The van der Waals surface area contributed by atoms with Crippen LogP contribution < -0.4 is 5.73 Å². The number of nitrogen functional groups attached to an aromatic ring is 1. The maximum atomic E-state index is 13.1. The van der Waals surface area contributed by atoms with E-state index in [1.165, 1.54) is 6.33 Å². The van der Waals surface area contributed by atoms with E-state index in [9.17, 15) is 4.79 Å². The third-order valence-electron chi connectivity index (χ3n) is 6.12. The average molecular weight is 451 g/mol. The number of hydrogen-bond acceptors (Lipinski definition) is 6. The Bertz CT molecular complexity index is 1490. The summed E-state index contributed by atoms with van der Waals surface area (Å²) in [4.78, 5) is 27.6. The predicted octanol–water partition coefficient (Wildman–Crippen LogP) is 2.84. The number of nitrogens with two attached hydrogens (primary N) is 1. The lowest BCUT2D eigenvalue weighted by Crippen LogP contribution is -2.36. The van der Waals surface area contributed by atoms with Crippen LogP contribution in [-0.2, 0) is 19.5 Å². The molecule has 0 atom stereocenters. The quantitative estimate of drug-likeness (QED) is 0.441. The summed E-state index contributed by atoms with van der Waals surface area (Å²) in [5.74, 6) is 0.333. The van der Waals surface area contributed by atoms with E-state index in [0.717, 1.165) is 28.8 Å². The average Bonchev–Trinajstić information content (AvgIpc) is 3.48. The van der Waals surface area contributed by atoms with Crippen LogP contribution in [-0.4, -0.2) is 46.7 Å². The van der Waals surface area contributed by atoms with Gasteiger partial charge in [-0.2, -0.15) is 5.10 Å². The maximum Gasteiger partial charge on any atom is 0.274 e. The molecular weight excluding hydrogens is 428 g/mol. The van der Waals surface area contributed by atoms with E-state index in [4.69, 9.17) is 5.73 Å². The highest BCUT2D eigenvalue weighted by atomic mass is 16.2. The third-order valence-corrected chi connectivity index (χ3v) is 6.12. The minimum absolute atomic E-state index is 0.0232. The van der Waals surface area contributed by atoms with Crippen molar-refractivity contribution in [1.82, 2.24) is 34.2 Å². The summed E-state index contributed by atoms with van der Waals surface area (Å²) in [6, 6.07) is 18.1. The van der Waals surface area contributed by atoms with Crippen molar-refractivity contribution in [1.29, 1.82) is 0 Å². The second kappa shape index (κ2) is 8.11. The molecule has 0 bridgehead atoms. The lowest BCUT2D eigenvalue weighted by atomic mass is 10.1. The summed E-state index contributed by atoms with van der Waals surface area (Å²) in [7, 11) is 0. The van der Waals surface area contributed by atoms with E-state index in [1.807, 2.05) is 62.8 Å². The smallest absolute Gasteiger partial charge is 0.274 e. The predicted molar refractivity (Wildman–Crippen MR) is 127 cm³/mol. The maximum absolute atomic E-state index is 13.1. The van der Waals surface area contributed by atoms with E-state index in [1.54, 1.807) is 6.33 Å². The summed E-state index contributed by atoms with van der Waals surface area (Å²) < 4.78 is 3.73. The van der Waals surface area contributed by atoms with E-state index in [2.05, 4.69) is 32.2 Å². The summed E-state index contributed by atoms with van der Waals surface area (Å²) >= 11 is 0. The number of carbonyl (C=O) groups is 1. The van der Waals surface area contributed by atoms with Gasteiger partial charge >= 0.3 is 0 Å². The Balaban J connectivity index is 1.18. The highest BCUT2D eigenvalue weighted by Crippen LogP contribution is 2.22. The molecule has 0 unspecified atom stereocenters. The Hall–Kier alpha value is -4.53. The number of anilines is 1. The molecule has 0 aliphatic carbocycles. The van der Waals surface area contributed by atoms with Crippen LogP contribution in [0.1, 0.15) is 27.2 Å². The Labute approximate surface area is 195 Å². The van der Waals surface area contributed by atoms with Crippen molar-refractivity contribution in [2.75, 3.05) is 12.3 Å². The molecule has 0 saturated carbocycles. The van der Waals surface area contributed by atoms with E-state index < -0.39 is 0 Å². The summed E-state index contributed by atoms with van der Waals surface area (Å²) in [5, 5.41) is 4.60. The lowest BCUT2D eigenvalue weighted by molar-refractivity contribution is 0.0720. The Morgan fingerprint density at radius 3 is 2.53 bits per heavy atom. The largest absolute Gasteiger partial charge is 0.382 e. The number of amides is 1. The fraction of sp³-hybridized carbons (Fsp3) is 0.160. The van der Waals surface area contributed by atoms with Gasteiger partial charge in [0, 0.05) is 30.5 Å². The van der Waals surface area contributed by atoms with Gasteiger partial charge in [0.1, 0.15) is 12.7 Å². The lowest BCUT2D eigenvalue weighted by Gasteiger charge is -2.26. The molecule has 5 aromatic rings. The van der Waals surface area contributed by atoms with Crippen molar-refractivity contribution in [2.24, 2.45) is 0 Å². The highest BCUT2D eigenvalue weighted by molar-refractivity contribution is 5.94. The minimum Gasteiger partial charge on any atom is -0.382 e. The van der Waals surface area contributed by atoms with Crippen LogP contribution in [0, 0.1) is 0 Å². The van der Waals surface area contributed by atoms with Gasteiger partial charge in [0.2, 0.25) is 0 Å². The topological polar surface area (TPSA) is 108 Å². The van der Waals surface area contributed by atoms with Crippen molar-refractivity contribution < 1.29 is 4.79 Å². The van der Waals surface area contributed by atoms with Crippen LogP contribution in [0.5, 0.6) is 0 Å². The monoisotopic (exact) mass is 450 g/mol. The zero-order valence-corrected chi connectivity index (χ0v) is 18.4. The first-order valence-electron chi connectivity index (χ1n) is 11.1. The van der Waals surface area contributed by atoms with Gasteiger partial charge in [0.05, 0.1) is 6.54 Å². The fourth-order valence-corrected chi connectivity index (χ4v) is 4.36. The molecule has 168 valence electrons. The van der Waals surface area contributed by atoms with Gasteiger partial charge in [-0.1, -0.05) is 42.5 Å². The summed E-state index contributed by atoms with van der Waals surface area (Å²) in [6.45, 7) is 1.86. The van der Waals surface area contributed by atoms with E-state index in [-0.39, 0.29) is 5.91 Å². The van der Waals surface area contributed by atoms with Crippen LogP contribution >= 0.6 is 0 Å². The second-order valence-electron chi connectivity index (χ2n) is 8.37. The first-order chi connectivity index (χ1) is 16.7. The van der Waals surface area contributed by atoms with Crippen LogP contribution in [0.3, 0.4) is 0 Å². The van der Waals surface area contributed by atoms with Crippen molar-refractivity contribution in [3.8, 4) is 5.69 Å². The normalized spacial score (nSPS) is 13.4. The molecule has 0 radical (unpaired) electrons. The van der Waals surface area contributed by atoms with Gasteiger partial charge in [-0.3, -0.25) is 14.0 Å². The second-order valence-corrected chi connectivity index (χ2v) is 8.37. The van der Waals surface area contributed by atoms with Crippen molar-refractivity contribution in [2.45, 2.75) is 19.5 Å². The van der Waals surface area contributed by atoms with Gasteiger partial charge in [-0.05, 0) is 29.7 Å². The van der Waals surface area contributed by atoms with Gasteiger partial charge in [0.25, 0.3) is 5.91 Å². The number of carbonyl (C=O) groups excluding carboxylic acids is 1. The molecule has 6 rings (SSSR count). The zero-order chi connectivity index (χ0) is 23.1. The molecule has 2 aromatic carbocycles. The minimum atomic E-state index is -0.0232. The molecular formula is C25H22N8O. The molecule has 34 heavy (non-hydrogen) atoms. The SMILES string of the molecule is Nc1ncnc2c1ncn2-c1ccc(CN2CCc3cn(Cc4ccccc4)nc3C2=O)cc1. The Morgan fingerprint density at radius 1 is 0.912 bits per heavy atom. The number of aromatic nitrogens is 6. The molecule has 1 amide bonds. The van der Waals surface area contributed by atoms with Gasteiger partial charge in [0.15, 0.2) is 22.7 Å². The highest BCUT2D eigenvalue weighted by Gasteiger charge is 2.27. The van der Waals surface area contributed by atoms with Crippen LogP contribution in [0.2, 0.25) is 0 Å². The number of hydrogen-bond donors (Lipinski definition) is 1. The molecule has 2 N–H and O–H groups in total. The van der Waals surface area contributed by atoms with Gasteiger partial charge in [-0.15, -0.1) is 0 Å². The number of imidazole rings is 1. The van der Waals surface area contributed by atoms with Crippen molar-refractivity contribution in [3.63, 3.8) is 0 Å². The molecule has 1 aliphatic heterocycles. The molecule has 1 aliphatic rings. The molecule has 3 aromatic heterocycles. The standard InChI is InChI=1S/C25H22N8O/c26-23-22-24(28-15-27-23)33(16-29-22)20-8-6-18(7-9-20)12-31-11-10-19-14-32(30-21(19)25(31)34)13-17-4-2-1-3-5-17/h1-9,14-16H,10-13H2,(H2,26,27,28). The van der Waals surface area contributed by atoms with Gasteiger partial charge < -0.3 is 10.6 Å². The third kappa shape index (κ3) is 3.57. The number of rotatable bonds is 5. The molecule has 9 heteroatoms. The Kier molecular flexibility index (Phi) is 4.80. The Morgan fingerprint density at radius 2 is 1.71 bits per heavy atom. The van der Waals surface area contributed by atoms with Crippen LogP contribution in [0.4, 0.5) is 5.82 Å². The molecule has 0 saturated heterocycles. The first-order valence-corrected chi connectivity index (χ1v) is 11.1. The summed E-state index contributed by atoms with van der Waals surface area (Å²) in [5.41, 5.74) is 11.8.